The molecule has 0 saturated carbocycles. The fourth-order valence-electron chi connectivity index (χ4n) is 3.33. The number of hydrogen-bond acceptors (Lipinski definition) is 4. The average molecular weight is 382 g/mol. The predicted molar refractivity (Wildman–Crippen MR) is 110 cm³/mol. The topological polar surface area (TPSA) is 96.7 Å². The van der Waals surface area contributed by atoms with Crippen LogP contribution >= 0.6 is 0 Å². The summed E-state index contributed by atoms with van der Waals surface area (Å²) >= 11 is 0. The fraction of sp³-hybridized carbons (Fsp3) is 0.333. The lowest BCUT2D eigenvalue weighted by molar-refractivity contribution is 0.100. The van der Waals surface area contributed by atoms with E-state index < -0.39 is 5.91 Å². The number of carbonyl (C=O) groups excluding carboxylic acids is 2. The van der Waals surface area contributed by atoms with E-state index in [1.165, 1.54) is 6.42 Å². The average Bonchev–Trinajstić information content (AvgIpc) is 2.73. The summed E-state index contributed by atoms with van der Waals surface area (Å²) in [6, 6.07) is 12.3. The highest BCUT2D eigenvalue weighted by Gasteiger charge is 2.17. The number of nitrogens with two attached hydrogens (primary N) is 1. The molecule has 1 aliphatic heterocycles. The molecule has 148 valence electrons. The van der Waals surface area contributed by atoms with E-state index in [9.17, 15) is 9.59 Å². The number of rotatable bonds is 6. The highest BCUT2D eigenvalue weighted by Crippen LogP contribution is 2.29. The molecular weight excluding hydrogens is 356 g/mol. The molecule has 0 atom stereocenters. The van der Waals surface area contributed by atoms with Gasteiger partial charge in [-0.3, -0.25) is 4.79 Å². The largest absolute Gasteiger partial charge is 0.497 e. The summed E-state index contributed by atoms with van der Waals surface area (Å²) in [5.74, 6) is 0.214. The van der Waals surface area contributed by atoms with E-state index >= 15 is 0 Å². The van der Waals surface area contributed by atoms with Crippen LogP contribution in [0.3, 0.4) is 0 Å². The molecular formula is C21H26N4O3. The van der Waals surface area contributed by atoms with Crippen LogP contribution in [0.25, 0.3) is 0 Å². The quantitative estimate of drug-likeness (QED) is 0.715. The van der Waals surface area contributed by atoms with E-state index in [2.05, 4.69) is 15.5 Å². The molecule has 7 nitrogen and oxygen atoms in total. The Hall–Kier alpha value is -3.22. The minimum absolute atomic E-state index is 0.345. The first-order valence-electron chi connectivity index (χ1n) is 9.43. The van der Waals surface area contributed by atoms with E-state index in [-0.39, 0.29) is 6.03 Å². The van der Waals surface area contributed by atoms with Crippen LogP contribution in [0.5, 0.6) is 5.75 Å². The molecule has 7 heteroatoms. The Morgan fingerprint density at radius 2 is 1.89 bits per heavy atom. The van der Waals surface area contributed by atoms with Gasteiger partial charge in [-0.2, -0.15) is 0 Å². The number of nitrogens with one attached hydrogen (secondary N) is 2. The van der Waals surface area contributed by atoms with Gasteiger partial charge in [-0.05, 0) is 55.2 Å². The molecule has 0 aromatic heterocycles. The van der Waals surface area contributed by atoms with Gasteiger partial charge >= 0.3 is 6.03 Å². The highest BCUT2D eigenvalue weighted by molar-refractivity contribution is 5.98. The van der Waals surface area contributed by atoms with Crippen LogP contribution in [0, 0.1) is 0 Å². The third-order valence-electron chi connectivity index (χ3n) is 4.81. The van der Waals surface area contributed by atoms with E-state index in [1.807, 2.05) is 30.3 Å². The van der Waals surface area contributed by atoms with Gasteiger partial charge in [-0.1, -0.05) is 12.1 Å². The summed E-state index contributed by atoms with van der Waals surface area (Å²) in [4.78, 5) is 26.3. The first kappa shape index (κ1) is 19.5. The fourth-order valence-corrected chi connectivity index (χ4v) is 3.33. The maximum Gasteiger partial charge on any atom is 0.319 e. The molecule has 0 unspecified atom stereocenters. The summed E-state index contributed by atoms with van der Waals surface area (Å²) in [6.45, 7) is 2.21. The van der Waals surface area contributed by atoms with Crippen molar-refractivity contribution in [2.45, 2.75) is 25.8 Å². The number of urea groups is 1. The summed E-state index contributed by atoms with van der Waals surface area (Å²) in [5, 5.41) is 5.71. The second-order valence-electron chi connectivity index (χ2n) is 6.80. The molecule has 1 fully saturated rings. The Bertz CT molecular complexity index is 847. The molecule has 1 saturated heterocycles. The summed E-state index contributed by atoms with van der Waals surface area (Å²) < 4.78 is 5.20. The molecule has 1 aliphatic rings. The lowest BCUT2D eigenvalue weighted by Crippen LogP contribution is -2.32. The van der Waals surface area contributed by atoms with Crippen molar-refractivity contribution in [1.29, 1.82) is 0 Å². The van der Waals surface area contributed by atoms with Gasteiger partial charge in [0.15, 0.2) is 0 Å². The lowest BCUT2D eigenvalue weighted by atomic mass is 10.1. The molecule has 3 amide bonds. The zero-order chi connectivity index (χ0) is 19.9. The zero-order valence-electron chi connectivity index (χ0n) is 16.0. The van der Waals surface area contributed by atoms with Crippen LogP contribution in [0.2, 0.25) is 0 Å². The van der Waals surface area contributed by atoms with Crippen molar-refractivity contribution in [1.82, 2.24) is 5.32 Å². The minimum atomic E-state index is -0.523. The number of nitrogens with zero attached hydrogens (tertiary/aromatic N) is 1. The number of methoxy groups -OCH3 is 1. The number of piperidine rings is 1. The van der Waals surface area contributed by atoms with Crippen LogP contribution in [-0.2, 0) is 6.54 Å². The summed E-state index contributed by atoms with van der Waals surface area (Å²) in [6.07, 6.45) is 3.43. The number of benzene rings is 2. The van der Waals surface area contributed by atoms with E-state index in [1.54, 1.807) is 19.2 Å². The van der Waals surface area contributed by atoms with E-state index in [0.717, 1.165) is 42.9 Å². The number of amides is 3. The molecule has 2 aromatic carbocycles. The Morgan fingerprint density at radius 1 is 1.11 bits per heavy atom. The number of anilines is 2. The maximum atomic E-state index is 12.5. The molecule has 0 bridgehead atoms. The maximum absolute atomic E-state index is 12.5. The van der Waals surface area contributed by atoms with Gasteiger partial charge in [0.25, 0.3) is 0 Å². The number of primary amides is 1. The zero-order valence-corrected chi connectivity index (χ0v) is 16.0. The molecule has 28 heavy (non-hydrogen) atoms. The first-order valence-corrected chi connectivity index (χ1v) is 9.43. The van der Waals surface area contributed by atoms with Crippen LogP contribution in [-0.4, -0.2) is 32.1 Å². The highest BCUT2D eigenvalue weighted by atomic mass is 16.5. The van der Waals surface area contributed by atoms with Crippen LogP contribution < -0.4 is 26.0 Å². The Labute approximate surface area is 164 Å². The third-order valence-corrected chi connectivity index (χ3v) is 4.81. The van der Waals surface area contributed by atoms with Crippen molar-refractivity contribution in [2.24, 2.45) is 5.73 Å². The molecule has 2 aromatic rings. The lowest BCUT2D eigenvalue weighted by Gasteiger charge is -2.30. The van der Waals surface area contributed by atoms with Crippen LogP contribution in [0.4, 0.5) is 16.2 Å². The standard InChI is InChI=1S/C21H26N4O3/c1-28-17-7-5-6-15(12-17)14-23-21(27)24-18-13-16(20(22)26)8-9-19(18)25-10-3-2-4-11-25/h5-9,12-13H,2-4,10-11,14H2,1H3,(H2,22,26)(H2,23,24,27). The number of ether oxygens (including phenoxy) is 1. The van der Waals surface area contributed by atoms with Crippen molar-refractivity contribution in [3.8, 4) is 5.75 Å². The molecule has 0 spiro atoms. The van der Waals surface area contributed by atoms with E-state index in [4.69, 9.17) is 10.5 Å². The predicted octanol–water partition coefficient (Wildman–Crippen LogP) is 3.11. The van der Waals surface area contributed by atoms with Gasteiger partial charge in [-0.25, -0.2) is 4.79 Å². The first-order chi connectivity index (χ1) is 13.6. The summed E-state index contributed by atoms with van der Waals surface area (Å²) in [7, 11) is 1.60. The van der Waals surface area contributed by atoms with Gasteiger partial charge < -0.3 is 26.0 Å². The van der Waals surface area contributed by atoms with Crippen molar-refractivity contribution in [2.75, 3.05) is 30.4 Å². The SMILES string of the molecule is COc1cccc(CNC(=O)Nc2cc(C(N)=O)ccc2N2CCCCC2)c1. The second-order valence-corrected chi connectivity index (χ2v) is 6.80. The smallest absolute Gasteiger partial charge is 0.319 e. The van der Waals surface area contributed by atoms with Crippen molar-refractivity contribution < 1.29 is 14.3 Å². The van der Waals surface area contributed by atoms with Gasteiger partial charge in [0.1, 0.15) is 5.75 Å². The van der Waals surface area contributed by atoms with Crippen LogP contribution in [0.15, 0.2) is 42.5 Å². The normalized spacial score (nSPS) is 13.7. The molecule has 0 radical (unpaired) electrons. The molecule has 1 heterocycles. The Kier molecular flexibility index (Phi) is 6.37. The third kappa shape index (κ3) is 4.94. The molecule has 4 N–H and O–H groups in total. The van der Waals surface area contributed by atoms with Crippen molar-refractivity contribution in [3.05, 3.63) is 53.6 Å². The van der Waals surface area contributed by atoms with Gasteiger partial charge in [0.05, 0.1) is 18.5 Å². The molecule has 0 aliphatic carbocycles. The summed E-state index contributed by atoms with van der Waals surface area (Å²) in [5.41, 5.74) is 8.19. The van der Waals surface area contributed by atoms with Gasteiger partial charge in [0.2, 0.25) is 5.91 Å². The van der Waals surface area contributed by atoms with Crippen molar-refractivity contribution >= 4 is 23.3 Å². The monoisotopic (exact) mass is 382 g/mol. The number of hydrogen-bond donors (Lipinski definition) is 3. The number of carbonyl (C=O) groups is 2. The van der Waals surface area contributed by atoms with Crippen molar-refractivity contribution in [3.63, 3.8) is 0 Å². The van der Waals surface area contributed by atoms with Gasteiger partial charge in [-0.15, -0.1) is 0 Å². The molecule has 3 rings (SSSR count). The second kappa shape index (κ2) is 9.12. The Morgan fingerprint density at radius 3 is 2.61 bits per heavy atom. The van der Waals surface area contributed by atoms with Crippen LogP contribution in [0.1, 0.15) is 35.2 Å². The van der Waals surface area contributed by atoms with Gasteiger partial charge in [0, 0.05) is 25.2 Å². The minimum Gasteiger partial charge on any atom is -0.497 e. The van der Waals surface area contributed by atoms with E-state index in [0.29, 0.717) is 17.8 Å². The Balaban J connectivity index is 1.72.